The van der Waals surface area contributed by atoms with E-state index in [4.69, 9.17) is 15.5 Å². The molecule has 4 heteroatoms. The summed E-state index contributed by atoms with van der Waals surface area (Å²) < 4.78 is 5.43. The number of aromatic nitrogens is 2. The zero-order valence-corrected chi connectivity index (χ0v) is 12.2. The Labute approximate surface area is 119 Å². The predicted octanol–water partition coefficient (Wildman–Crippen LogP) is 2.72. The first kappa shape index (κ1) is 13.1. The number of aryl methyl sites for hydroxylation is 3. The molecule has 0 radical (unpaired) electrons. The van der Waals surface area contributed by atoms with Crippen molar-refractivity contribution in [1.82, 2.24) is 9.97 Å². The van der Waals surface area contributed by atoms with Crippen molar-refractivity contribution in [2.24, 2.45) is 0 Å². The molecule has 0 unspecified atom stereocenters. The van der Waals surface area contributed by atoms with E-state index in [1.807, 2.05) is 0 Å². The molecule has 4 nitrogen and oxygen atoms in total. The van der Waals surface area contributed by atoms with Gasteiger partial charge in [0.1, 0.15) is 5.82 Å². The van der Waals surface area contributed by atoms with Gasteiger partial charge in [0.05, 0.1) is 18.9 Å². The molecule has 1 aromatic carbocycles. The van der Waals surface area contributed by atoms with E-state index in [0.29, 0.717) is 19.0 Å². The van der Waals surface area contributed by atoms with Crippen LogP contribution in [0.1, 0.15) is 27.9 Å². The second-order valence-corrected chi connectivity index (χ2v) is 5.43. The molecule has 0 aliphatic carbocycles. The normalized spacial score (nSPS) is 14.2. The first-order valence-electron chi connectivity index (χ1n) is 6.87. The molecule has 0 saturated heterocycles. The minimum atomic E-state index is 0.521. The molecule has 0 amide bonds. The van der Waals surface area contributed by atoms with Crippen LogP contribution in [-0.2, 0) is 17.8 Å². The Morgan fingerprint density at radius 3 is 2.50 bits per heavy atom. The number of fused-ring (bicyclic) bond motifs is 1. The van der Waals surface area contributed by atoms with Crippen LogP contribution in [0.25, 0.3) is 11.4 Å². The molecule has 0 spiro atoms. The summed E-state index contributed by atoms with van der Waals surface area (Å²) in [7, 11) is 0. The SMILES string of the molecule is Cc1cc(C)c(-c2nc(N)c3c(n2)CCOC3)c(C)c1. The van der Waals surface area contributed by atoms with E-state index >= 15 is 0 Å². The van der Waals surface area contributed by atoms with E-state index in [9.17, 15) is 0 Å². The van der Waals surface area contributed by atoms with E-state index in [-0.39, 0.29) is 0 Å². The van der Waals surface area contributed by atoms with Gasteiger partial charge >= 0.3 is 0 Å². The van der Waals surface area contributed by atoms with Gasteiger partial charge in [-0.15, -0.1) is 0 Å². The Balaban J connectivity index is 2.18. The van der Waals surface area contributed by atoms with Gasteiger partial charge in [-0.3, -0.25) is 0 Å². The van der Waals surface area contributed by atoms with Crippen LogP contribution in [0.5, 0.6) is 0 Å². The number of benzene rings is 1. The number of hydrogen-bond donors (Lipinski definition) is 1. The van der Waals surface area contributed by atoms with Crippen molar-refractivity contribution in [3.63, 3.8) is 0 Å². The summed E-state index contributed by atoms with van der Waals surface area (Å²) in [5.74, 6) is 1.28. The van der Waals surface area contributed by atoms with E-state index < -0.39 is 0 Å². The first-order valence-corrected chi connectivity index (χ1v) is 6.87. The second-order valence-electron chi connectivity index (χ2n) is 5.43. The molecule has 104 valence electrons. The molecule has 0 bridgehead atoms. The Morgan fingerprint density at radius 1 is 1.10 bits per heavy atom. The van der Waals surface area contributed by atoms with Crippen LogP contribution in [-0.4, -0.2) is 16.6 Å². The number of nitrogens with two attached hydrogens (primary N) is 1. The maximum atomic E-state index is 6.08. The quantitative estimate of drug-likeness (QED) is 0.864. The molecule has 1 aromatic heterocycles. The van der Waals surface area contributed by atoms with Crippen LogP contribution >= 0.6 is 0 Å². The van der Waals surface area contributed by atoms with Crippen molar-refractivity contribution in [3.05, 3.63) is 40.1 Å². The third-order valence-electron chi connectivity index (χ3n) is 3.75. The Hall–Kier alpha value is -1.94. The summed E-state index contributed by atoms with van der Waals surface area (Å²) in [6, 6.07) is 4.31. The van der Waals surface area contributed by atoms with Crippen molar-refractivity contribution in [2.75, 3.05) is 12.3 Å². The third kappa shape index (κ3) is 2.16. The molecule has 0 fully saturated rings. The highest BCUT2D eigenvalue weighted by molar-refractivity contribution is 5.67. The Kier molecular flexibility index (Phi) is 3.18. The largest absolute Gasteiger partial charge is 0.383 e. The molecule has 2 N–H and O–H groups in total. The zero-order valence-electron chi connectivity index (χ0n) is 12.2. The summed E-state index contributed by atoms with van der Waals surface area (Å²) in [4.78, 5) is 9.22. The molecule has 0 atom stereocenters. The van der Waals surface area contributed by atoms with Gasteiger partial charge in [0.25, 0.3) is 0 Å². The van der Waals surface area contributed by atoms with Crippen LogP contribution < -0.4 is 5.73 Å². The van der Waals surface area contributed by atoms with Gasteiger partial charge in [-0.05, 0) is 31.9 Å². The minimum Gasteiger partial charge on any atom is -0.383 e. The lowest BCUT2D eigenvalue weighted by Gasteiger charge is -2.19. The third-order valence-corrected chi connectivity index (χ3v) is 3.75. The van der Waals surface area contributed by atoms with E-state index in [0.717, 1.165) is 29.1 Å². The molecule has 0 saturated carbocycles. The molecule has 3 rings (SSSR count). The van der Waals surface area contributed by atoms with Crippen LogP contribution in [0, 0.1) is 20.8 Å². The van der Waals surface area contributed by atoms with Crippen molar-refractivity contribution >= 4 is 5.82 Å². The molecule has 2 heterocycles. The fourth-order valence-corrected chi connectivity index (χ4v) is 2.90. The lowest BCUT2D eigenvalue weighted by Crippen LogP contribution is -2.16. The van der Waals surface area contributed by atoms with Gasteiger partial charge in [-0.1, -0.05) is 17.7 Å². The zero-order chi connectivity index (χ0) is 14.3. The minimum absolute atomic E-state index is 0.521. The fraction of sp³-hybridized carbons (Fsp3) is 0.375. The van der Waals surface area contributed by atoms with Gasteiger partial charge < -0.3 is 10.5 Å². The highest BCUT2D eigenvalue weighted by atomic mass is 16.5. The van der Waals surface area contributed by atoms with E-state index in [1.165, 1.54) is 16.7 Å². The smallest absolute Gasteiger partial charge is 0.162 e. The fourth-order valence-electron chi connectivity index (χ4n) is 2.90. The van der Waals surface area contributed by atoms with Gasteiger partial charge in [0.2, 0.25) is 0 Å². The average Bonchev–Trinajstić information content (AvgIpc) is 2.37. The summed E-state index contributed by atoms with van der Waals surface area (Å²) in [5, 5.41) is 0. The molecule has 20 heavy (non-hydrogen) atoms. The highest BCUT2D eigenvalue weighted by Gasteiger charge is 2.18. The summed E-state index contributed by atoms with van der Waals surface area (Å²) >= 11 is 0. The molecular formula is C16H19N3O. The maximum absolute atomic E-state index is 6.08. The topological polar surface area (TPSA) is 61.0 Å². The van der Waals surface area contributed by atoms with Crippen molar-refractivity contribution in [1.29, 1.82) is 0 Å². The van der Waals surface area contributed by atoms with Crippen molar-refractivity contribution in [2.45, 2.75) is 33.8 Å². The molecule has 1 aliphatic rings. The number of anilines is 1. The number of ether oxygens (including phenoxy) is 1. The lowest BCUT2D eigenvalue weighted by atomic mass is 9.98. The standard InChI is InChI=1S/C16H19N3O/c1-9-6-10(2)14(11(3)7-9)16-18-13-4-5-20-8-12(13)15(17)19-16/h6-7H,4-5,8H2,1-3H3,(H2,17,18,19). The van der Waals surface area contributed by atoms with Crippen molar-refractivity contribution < 1.29 is 4.74 Å². The van der Waals surface area contributed by atoms with Gasteiger partial charge in [-0.2, -0.15) is 0 Å². The average molecular weight is 269 g/mol. The highest BCUT2D eigenvalue weighted by Crippen LogP contribution is 2.29. The molecular weight excluding hydrogens is 250 g/mol. The summed E-state index contributed by atoms with van der Waals surface area (Å²) in [6.07, 6.45) is 0.805. The number of hydrogen-bond acceptors (Lipinski definition) is 4. The first-order chi connectivity index (χ1) is 9.56. The van der Waals surface area contributed by atoms with E-state index in [2.05, 4.69) is 37.9 Å². The van der Waals surface area contributed by atoms with Gasteiger partial charge in [0, 0.05) is 17.5 Å². The molecule has 1 aliphatic heterocycles. The summed E-state index contributed by atoms with van der Waals surface area (Å²) in [5.41, 5.74) is 12.8. The lowest BCUT2D eigenvalue weighted by molar-refractivity contribution is 0.109. The van der Waals surface area contributed by atoms with Crippen LogP contribution in [0.4, 0.5) is 5.82 Å². The Morgan fingerprint density at radius 2 is 1.80 bits per heavy atom. The van der Waals surface area contributed by atoms with Crippen LogP contribution in [0.3, 0.4) is 0 Å². The number of rotatable bonds is 1. The number of nitrogens with zero attached hydrogens (tertiary/aromatic N) is 2. The molecule has 2 aromatic rings. The Bertz CT molecular complexity index is 657. The van der Waals surface area contributed by atoms with E-state index in [1.54, 1.807) is 0 Å². The van der Waals surface area contributed by atoms with Crippen LogP contribution in [0.15, 0.2) is 12.1 Å². The van der Waals surface area contributed by atoms with Crippen molar-refractivity contribution in [3.8, 4) is 11.4 Å². The monoisotopic (exact) mass is 269 g/mol. The number of nitrogen functional groups attached to an aromatic ring is 1. The predicted molar refractivity (Wildman–Crippen MR) is 79.5 cm³/mol. The summed E-state index contributed by atoms with van der Waals surface area (Å²) in [6.45, 7) is 7.51. The van der Waals surface area contributed by atoms with Gasteiger partial charge in [-0.25, -0.2) is 9.97 Å². The van der Waals surface area contributed by atoms with Gasteiger partial charge in [0.15, 0.2) is 5.82 Å². The van der Waals surface area contributed by atoms with Crippen LogP contribution in [0.2, 0.25) is 0 Å². The maximum Gasteiger partial charge on any atom is 0.162 e. The second kappa shape index (κ2) is 4.87.